The van der Waals surface area contributed by atoms with Crippen molar-refractivity contribution in [3.05, 3.63) is 23.3 Å². The van der Waals surface area contributed by atoms with Crippen LogP contribution < -0.4 is 0 Å². The average Bonchev–Trinajstić information content (AvgIpc) is 2.85. The van der Waals surface area contributed by atoms with Crippen LogP contribution in [0.3, 0.4) is 0 Å². The van der Waals surface area contributed by atoms with Crippen molar-refractivity contribution in [2.75, 3.05) is 20.3 Å². The minimum absolute atomic E-state index is 0.134. The van der Waals surface area contributed by atoms with Crippen LogP contribution in [0.15, 0.2) is 23.3 Å². The van der Waals surface area contributed by atoms with Crippen LogP contribution in [0.25, 0.3) is 0 Å². The first-order valence-corrected chi connectivity index (χ1v) is 7.31. The van der Waals surface area contributed by atoms with Gasteiger partial charge in [-0.15, -0.1) is 0 Å². The van der Waals surface area contributed by atoms with Crippen molar-refractivity contribution in [1.29, 1.82) is 0 Å². The molecule has 3 aliphatic rings. The Hall–Kier alpha value is -1.13. The third-order valence-electron chi connectivity index (χ3n) is 4.87. The van der Waals surface area contributed by atoms with Gasteiger partial charge in [0.2, 0.25) is 0 Å². The van der Waals surface area contributed by atoms with Crippen molar-refractivity contribution >= 4 is 5.97 Å². The number of methoxy groups -OCH3 is 1. The quantitative estimate of drug-likeness (QED) is 0.691. The predicted molar refractivity (Wildman–Crippen MR) is 73.9 cm³/mol. The highest BCUT2D eigenvalue weighted by atomic mass is 16.7. The molecule has 110 valence electrons. The minimum atomic E-state index is -0.495. The summed E-state index contributed by atoms with van der Waals surface area (Å²) in [6, 6.07) is 0. The first-order valence-electron chi connectivity index (χ1n) is 7.31. The molecular formula is C16H22O4. The van der Waals surface area contributed by atoms with Gasteiger partial charge in [0.1, 0.15) is 0 Å². The zero-order valence-electron chi connectivity index (χ0n) is 12.3. The third-order valence-corrected chi connectivity index (χ3v) is 4.87. The van der Waals surface area contributed by atoms with Crippen LogP contribution in [-0.2, 0) is 19.0 Å². The number of hydrogen-bond donors (Lipinski definition) is 0. The van der Waals surface area contributed by atoms with Gasteiger partial charge in [0.25, 0.3) is 0 Å². The highest BCUT2D eigenvalue weighted by molar-refractivity contribution is 5.91. The molecular weight excluding hydrogens is 256 g/mol. The van der Waals surface area contributed by atoms with Crippen LogP contribution in [0.1, 0.15) is 26.7 Å². The molecule has 3 rings (SSSR count). The molecule has 1 heterocycles. The molecule has 1 aliphatic heterocycles. The van der Waals surface area contributed by atoms with Crippen molar-refractivity contribution in [1.82, 2.24) is 0 Å². The molecule has 1 saturated heterocycles. The van der Waals surface area contributed by atoms with Crippen molar-refractivity contribution in [2.24, 2.45) is 17.8 Å². The fourth-order valence-electron chi connectivity index (χ4n) is 3.99. The van der Waals surface area contributed by atoms with Gasteiger partial charge in [0.05, 0.1) is 20.3 Å². The summed E-state index contributed by atoms with van der Waals surface area (Å²) in [6.07, 6.45) is 5.93. The normalized spacial score (nSPS) is 35.2. The SMILES string of the molecule is COC(=O)C1=C(C)C=C[C@@H]2[C@H](C)CC3(C[C@H]12)OCCO3. The van der Waals surface area contributed by atoms with E-state index in [9.17, 15) is 4.79 Å². The lowest BCUT2D eigenvalue weighted by Gasteiger charge is -2.45. The molecule has 0 N–H and O–H groups in total. The molecule has 2 aliphatic carbocycles. The number of allylic oxidation sites excluding steroid dienone is 3. The van der Waals surface area contributed by atoms with Crippen LogP contribution in [0.2, 0.25) is 0 Å². The van der Waals surface area contributed by atoms with E-state index in [1.165, 1.54) is 7.11 Å². The Morgan fingerprint density at radius 2 is 2.05 bits per heavy atom. The molecule has 1 saturated carbocycles. The number of carbonyl (C=O) groups excluding carboxylic acids is 1. The number of hydrogen-bond acceptors (Lipinski definition) is 4. The maximum absolute atomic E-state index is 12.1. The van der Waals surface area contributed by atoms with Gasteiger partial charge < -0.3 is 14.2 Å². The van der Waals surface area contributed by atoms with Crippen LogP contribution in [0, 0.1) is 17.8 Å². The summed E-state index contributed by atoms with van der Waals surface area (Å²) in [5.74, 6) is 0.214. The van der Waals surface area contributed by atoms with E-state index in [0.29, 0.717) is 25.0 Å². The second-order valence-corrected chi connectivity index (χ2v) is 6.12. The molecule has 4 heteroatoms. The van der Waals surface area contributed by atoms with Gasteiger partial charge in [-0.3, -0.25) is 0 Å². The molecule has 0 aromatic heterocycles. The van der Waals surface area contributed by atoms with Gasteiger partial charge in [0, 0.05) is 24.3 Å². The monoisotopic (exact) mass is 278 g/mol. The molecule has 0 aromatic carbocycles. The van der Waals surface area contributed by atoms with E-state index >= 15 is 0 Å². The maximum atomic E-state index is 12.1. The molecule has 4 nitrogen and oxygen atoms in total. The summed E-state index contributed by atoms with van der Waals surface area (Å²) in [5, 5.41) is 0. The molecule has 0 aromatic rings. The molecule has 2 fully saturated rings. The highest BCUT2D eigenvalue weighted by Crippen LogP contribution is 2.50. The Balaban J connectivity index is 1.95. The lowest BCUT2D eigenvalue weighted by atomic mass is 9.64. The van der Waals surface area contributed by atoms with Gasteiger partial charge in [-0.2, -0.15) is 0 Å². The number of ether oxygens (including phenoxy) is 3. The van der Waals surface area contributed by atoms with Crippen LogP contribution in [-0.4, -0.2) is 32.1 Å². The summed E-state index contributed by atoms with van der Waals surface area (Å²) in [6.45, 7) is 5.48. The predicted octanol–water partition coefficient (Wildman–Crippen LogP) is 2.45. The fraction of sp³-hybridized carbons (Fsp3) is 0.688. The molecule has 0 radical (unpaired) electrons. The van der Waals surface area contributed by atoms with Crippen LogP contribution in [0.5, 0.6) is 0 Å². The molecule has 1 spiro atoms. The zero-order valence-corrected chi connectivity index (χ0v) is 12.3. The van der Waals surface area contributed by atoms with Crippen molar-refractivity contribution in [2.45, 2.75) is 32.5 Å². The topological polar surface area (TPSA) is 44.8 Å². The lowest BCUT2D eigenvalue weighted by Crippen LogP contribution is -2.46. The summed E-state index contributed by atoms with van der Waals surface area (Å²) in [5.41, 5.74) is 1.80. The Morgan fingerprint density at radius 3 is 2.70 bits per heavy atom. The van der Waals surface area contributed by atoms with Gasteiger partial charge in [-0.1, -0.05) is 19.1 Å². The van der Waals surface area contributed by atoms with E-state index in [1.54, 1.807) is 0 Å². The van der Waals surface area contributed by atoms with E-state index in [2.05, 4.69) is 19.1 Å². The number of carbonyl (C=O) groups is 1. The lowest BCUT2D eigenvalue weighted by molar-refractivity contribution is -0.200. The van der Waals surface area contributed by atoms with Gasteiger partial charge in [-0.25, -0.2) is 4.79 Å². The molecule has 0 bridgehead atoms. The second-order valence-electron chi connectivity index (χ2n) is 6.12. The number of esters is 1. The molecule has 0 unspecified atom stereocenters. The van der Waals surface area contributed by atoms with Crippen molar-refractivity contribution in [3.8, 4) is 0 Å². The Labute approximate surface area is 119 Å². The third kappa shape index (κ3) is 2.11. The summed E-state index contributed by atoms with van der Waals surface area (Å²) in [7, 11) is 1.44. The first kappa shape index (κ1) is 13.8. The molecule has 3 atom stereocenters. The fourth-order valence-corrected chi connectivity index (χ4v) is 3.99. The number of fused-ring (bicyclic) bond motifs is 1. The highest BCUT2D eigenvalue weighted by Gasteiger charge is 2.50. The standard InChI is InChI=1S/C16H22O4/c1-10-4-5-12-11(2)8-16(19-6-7-20-16)9-13(12)14(10)15(17)18-3/h4-5,11-13H,6-9H2,1-3H3/t11-,12-,13+/m1/s1. The van der Waals surface area contributed by atoms with Crippen molar-refractivity contribution < 1.29 is 19.0 Å². The first-order chi connectivity index (χ1) is 9.56. The van der Waals surface area contributed by atoms with Crippen LogP contribution >= 0.6 is 0 Å². The summed E-state index contributed by atoms with van der Waals surface area (Å²) >= 11 is 0. The van der Waals surface area contributed by atoms with E-state index in [-0.39, 0.29) is 11.9 Å². The molecule has 20 heavy (non-hydrogen) atoms. The Kier molecular flexibility index (Phi) is 3.46. The van der Waals surface area contributed by atoms with E-state index in [4.69, 9.17) is 14.2 Å². The summed E-state index contributed by atoms with van der Waals surface area (Å²) < 4.78 is 16.7. The number of rotatable bonds is 1. The van der Waals surface area contributed by atoms with E-state index < -0.39 is 5.79 Å². The maximum Gasteiger partial charge on any atom is 0.334 e. The zero-order chi connectivity index (χ0) is 14.3. The second kappa shape index (κ2) is 5.01. The van der Waals surface area contributed by atoms with Gasteiger partial charge in [-0.05, 0) is 24.3 Å². The molecule has 0 amide bonds. The van der Waals surface area contributed by atoms with Gasteiger partial charge in [0.15, 0.2) is 5.79 Å². The summed E-state index contributed by atoms with van der Waals surface area (Å²) in [4.78, 5) is 12.1. The van der Waals surface area contributed by atoms with Gasteiger partial charge >= 0.3 is 5.97 Å². The van der Waals surface area contributed by atoms with Crippen LogP contribution in [0.4, 0.5) is 0 Å². The van der Waals surface area contributed by atoms with E-state index in [0.717, 1.165) is 24.0 Å². The van der Waals surface area contributed by atoms with E-state index in [1.807, 2.05) is 6.92 Å². The Morgan fingerprint density at radius 1 is 1.35 bits per heavy atom. The largest absolute Gasteiger partial charge is 0.466 e. The Bertz CT molecular complexity index is 471. The minimum Gasteiger partial charge on any atom is -0.466 e. The average molecular weight is 278 g/mol. The smallest absolute Gasteiger partial charge is 0.334 e. The van der Waals surface area contributed by atoms with Crippen molar-refractivity contribution in [3.63, 3.8) is 0 Å².